The molecule has 0 unspecified atom stereocenters. The Kier molecular flexibility index (Phi) is 4.51. The summed E-state index contributed by atoms with van der Waals surface area (Å²) in [7, 11) is 3.01. The highest BCUT2D eigenvalue weighted by molar-refractivity contribution is 5.78. The van der Waals surface area contributed by atoms with Gasteiger partial charge < -0.3 is 9.88 Å². The number of nitrogens with one attached hydrogen (secondary N) is 1. The molecule has 25 heavy (non-hydrogen) atoms. The number of imidazole rings is 1. The van der Waals surface area contributed by atoms with Gasteiger partial charge in [0, 0.05) is 27.2 Å². The van der Waals surface area contributed by atoms with Crippen LogP contribution in [0.5, 0.6) is 0 Å². The van der Waals surface area contributed by atoms with Crippen LogP contribution in [0.25, 0.3) is 11.2 Å². The molecule has 0 aliphatic carbocycles. The molecule has 0 atom stereocenters. The second-order valence-corrected chi connectivity index (χ2v) is 5.83. The third-order valence-corrected chi connectivity index (χ3v) is 4.10. The van der Waals surface area contributed by atoms with Crippen LogP contribution in [-0.4, -0.2) is 31.1 Å². The summed E-state index contributed by atoms with van der Waals surface area (Å²) in [5.74, 6) is -0.0871. The van der Waals surface area contributed by atoms with Gasteiger partial charge >= 0.3 is 5.69 Å². The van der Waals surface area contributed by atoms with Gasteiger partial charge in [-0.15, -0.1) is 0 Å². The number of carbonyl (C=O) groups excluding carboxylic acids is 1. The molecule has 1 aromatic carbocycles. The Labute approximate surface area is 143 Å². The lowest BCUT2D eigenvalue weighted by atomic mass is 10.1. The van der Waals surface area contributed by atoms with Crippen molar-refractivity contribution in [2.45, 2.75) is 13.0 Å². The molecule has 0 spiro atoms. The number of aromatic nitrogens is 4. The van der Waals surface area contributed by atoms with E-state index < -0.39 is 11.2 Å². The van der Waals surface area contributed by atoms with Gasteiger partial charge in [-0.3, -0.25) is 18.7 Å². The lowest BCUT2D eigenvalue weighted by Crippen LogP contribution is -2.38. The number of hydrogen-bond donors (Lipinski definition) is 1. The van der Waals surface area contributed by atoms with Crippen LogP contribution in [0.3, 0.4) is 0 Å². The van der Waals surface area contributed by atoms with Crippen molar-refractivity contribution >= 4 is 17.1 Å². The minimum absolute atomic E-state index is 0.0871. The second kappa shape index (κ2) is 6.76. The van der Waals surface area contributed by atoms with Crippen molar-refractivity contribution < 1.29 is 4.79 Å². The van der Waals surface area contributed by atoms with Gasteiger partial charge in [-0.1, -0.05) is 30.3 Å². The fourth-order valence-electron chi connectivity index (χ4n) is 2.73. The van der Waals surface area contributed by atoms with Crippen LogP contribution >= 0.6 is 0 Å². The molecule has 3 rings (SSSR count). The maximum absolute atomic E-state index is 12.3. The third kappa shape index (κ3) is 3.23. The summed E-state index contributed by atoms with van der Waals surface area (Å²) >= 11 is 0. The molecule has 2 heterocycles. The second-order valence-electron chi connectivity index (χ2n) is 5.83. The van der Waals surface area contributed by atoms with E-state index in [1.54, 1.807) is 11.6 Å². The van der Waals surface area contributed by atoms with E-state index in [4.69, 9.17) is 0 Å². The molecule has 2 aromatic heterocycles. The first-order valence-corrected chi connectivity index (χ1v) is 7.90. The van der Waals surface area contributed by atoms with Crippen molar-refractivity contribution in [3.63, 3.8) is 0 Å². The van der Waals surface area contributed by atoms with Crippen LogP contribution in [0.2, 0.25) is 0 Å². The minimum Gasteiger partial charge on any atom is -0.354 e. The van der Waals surface area contributed by atoms with Gasteiger partial charge in [0.2, 0.25) is 5.91 Å². The standard InChI is InChI=1S/C17H19N5O3/c1-20-15-14(16(24)21(2)17(20)25)22(11-19-15)9-8-18-13(23)10-12-6-4-3-5-7-12/h3-7,11H,8-10H2,1-2H3,(H,18,23). The van der Waals surface area contributed by atoms with E-state index in [2.05, 4.69) is 10.3 Å². The van der Waals surface area contributed by atoms with Crippen molar-refractivity contribution in [1.82, 2.24) is 24.0 Å². The number of hydrogen-bond acceptors (Lipinski definition) is 4. The lowest BCUT2D eigenvalue weighted by Gasteiger charge is -2.08. The van der Waals surface area contributed by atoms with E-state index in [1.807, 2.05) is 30.3 Å². The highest BCUT2D eigenvalue weighted by atomic mass is 16.2. The van der Waals surface area contributed by atoms with Gasteiger partial charge in [0.25, 0.3) is 5.56 Å². The summed E-state index contributed by atoms with van der Waals surface area (Å²) in [5.41, 5.74) is 0.813. The Bertz CT molecular complexity index is 1030. The Morgan fingerprint density at radius 1 is 1.12 bits per heavy atom. The normalized spacial score (nSPS) is 11.0. The van der Waals surface area contributed by atoms with Crippen LogP contribution < -0.4 is 16.6 Å². The number of carbonyl (C=O) groups is 1. The molecule has 0 aliphatic heterocycles. The molecule has 0 radical (unpaired) electrons. The molecule has 0 saturated heterocycles. The fraction of sp³-hybridized carbons (Fsp3) is 0.294. The molecule has 0 fully saturated rings. The Morgan fingerprint density at radius 2 is 1.84 bits per heavy atom. The molecular formula is C17H19N5O3. The van der Waals surface area contributed by atoms with Crippen LogP contribution in [-0.2, 0) is 31.9 Å². The molecule has 0 bridgehead atoms. The smallest absolute Gasteiger partial charge is 0.332 e. The Morgan fingerprint density at radius 3 is 2.56 bits per heavy atom. The largest absolute Gasteiger partial charge is 0.354 e. The zero-order chi connectivity index (χ0) is 18.0. The molecule has 8 nitrogen and oxygen atoms in total. The molecular weight excluding hydrogens is 322 g/mol. The molecule has 1 amide bonds. The van der Waals surface area contributed by atoms with Gasteiger partial charge in [-0.2, -0.15) is 0 Å². The predicted molar refractivity (Wildman–Crippen MR) is 93.4 cm³/mol. The van der Waals surface area contributed by atoms with E-state index >= 15 is 0 Å². The van der Waals surface area contributed by atoms with E-state index in [0.717, 1.165) is 10.1 Å². The van der Waals surface area contributed by atoms with Crippen LogP contribution in [0.1, 0.15) is 5.56 Å². The van der Waals surface area contributed by atoms with E-state index in [9.17, 15) is 14.4 Å². The summed E-state index contributed by atoms with van der Waals surface area (Å²) in [6.45, 7) is 0.758. The summed E-state index contributed by atoms with van der Waals surface area (Å²) in [5, 5.41) is 2.83. The number of fused-ring (bicyclic) bond motifs is 1. The predicted octanol–water partition coefficient (Wildman–Crippen LogP) is -0.207. The highest BCUT2D eigenvalue weighted by Gasteiger charge is 2.14. The summed E-state index contributed by atoms with van der Waals surface area (Å²) in [6.07, 6.45) is 1.82. The lowest BCUT2D eigenvalue weighted by molar-refractivity contribution is -0.120. The van der Waals surface area contributed by atoms with Crippen molar-refractivity contribution in [2.75, 3.05) is 6.54 Å². The Balaban J connectivity index is 1.71. The quantitative estimate of drug-likeness (QED) is 0.695. The maximum Gasteiger partial charge on any atom is 0.332 e. The van der Waals surface area contributed by atoms with Gasteiger partial charge in [0.1, 0.15) is 0 Å². The van der Waals surface area contributed by atoms with E-state index in [0.29, 0.717) is 30.7 Å². The summed E-state index contributed by atoms with van der Waals surface area (Å²) < 4.78 is 4.04. The zero-order valence-corrected chi connectivity index (χ0v) is 14.1. The first-order chi connectivity index (χ1) is 12.0. The van der Waals surface area contributed by atoms with Crippen LogP contribution in [0.4, 0.5) is 0 Å². The van der Waals surface area contributed by atoms with Gasteiger partial charge in [-0.25, -0.2) is 9.78 Å². The SMILES string of the molecule is Cn1c(=O)c2c(ncn2CCNC(=O)Cc2ccccc2)n(C)c1=O. The molecule has 130 valence electrons. The zero-order valence-electron chi connectivity index (χ0n) is 14.1. The molecule has 8 heteroatoms. The van der Waals surface area contributed by atoms with Gasteiger partial charge in [0.15, 0.2) is 11.2 Å². The topological polar surface area (TPSA) is 90.9 Å². The van der Waals surface area contributed by atoms with E-state index in [-0.39, 0.29) is 5.91 Å². The average molecular weight is 341 g/mol. The average Bonchev–Trinajstić information content (AvgIpc) is 3.03. The van der Waals surface area contributed by atoms with Crippen molar-refractivity contribution in [1.29, 1.82) is 0 Å². The van der Waals surface area contributed by atoms with Gasteiger partial charge in [0.05, 0.1) is 12.7 Å². The first-order valence-electron chi connectivity index (χ1n) is 7.90. The van der Waals surface area contributed by atoms with E-state index in [1.165, 1.54) is 17.9 Å². The van der Waals surface area contributed by atoms with Crippen molar-refractivity contribution in [2.24, 2.45) is 14.1 Å². The molecule has 3 aromatic rings. The number of nitrogens with zero attached hydrogens (tertiary/aromatic N) is 4. The number of rotatable bonds is 5. The Hall–Kier alpha value is -3.16. The molecule has 1 N–H and O–H groups in total. The highest BCUT2D eigenvalue weighted by Crippen LogP contribution is 2.05. The number of aryl methyl sites for hydroxylation is 1. The maximum atomic E-state index is 12.3. The monoisotopic (exact) mass is 341 g/mol. The summed E-state index contributed by atoms with van der Waals surface area (Å²) in [6, 6.07) is 9.47. The first kappa shape index (κ1) is 16.7. The summed E-state index contributed by atoms with van der Waals surface area (Å²) in [4.78, 5) is 40.4. The fourth-order valence-corrected chi connectivity index (χ4v) is 2.73. The van der Waals surface area contributed by atoms with Crippen LogP contribution in [0, 0.1) is 0 Å². The number of benzene rings is 1. The number of amides is 1. The van der Waals surface area contributed by atoms with Crippen LogP contribution in [0.15, 0.2) is 46.2 Å². The van der Waals surface area contributed by atoms with Gasteiger partial charge in [-0.05, 0) is 5.56 Å². The van der Waals surface area contributed by atoms with Crippen molar-refractivity contribution in [3.05, 3.63) is 63.1 Å². The minimum atomic E-state index is -0.418. The van der Waals surface area contributed by atoms with Crippen molar-refractivity contribution in [3.8, 4) is 0 Å². The third-order valence-electron chi connectivity index (χ3n) is 4.10. The molecule has 0 aliphatic rings. The molecule has 0 saturated carbocycles.